The average Bonchev–Trinajstić information content (AvgIpc) is 2.65. The van der Waals surface area contributed by atoms with Crippen molar-refractivity contribution < 1.29 is 4.39 Å². The molecule has 0 radical (unpaired) electrons. The molecule has 4 heteroatoms. The van der Waals surface area contributed by atoms with Crippen LogP contribution in [0.15, 0.2) is 24.4 Å². The lowest BCUT2D eigenvalue weighted by molar-refractivity contribution is 0.628. The van der Waals surface area contributed by atoms with Gasteiger partial charge in [0.1, 0.15) is 5.82 Å². The van der Waals surface area contributed by atoms with E-state index in [4.69, 9.17) is 0 Å². The summed E-state index contributed by atoms with van der Waals surface area (Å²) in [7, 11) is 0. The number of nitrogens with one attached hydrogen (secondary N) is 2. The molecule has 3 nitrogen and oxygen atoms in total. The number of nitrogens with zero attached hydrogens (tertiary/aromatic N) is 1. The molecule has 2 N–H and O–H groups in total. The van der Waals surface area contributed by atoms with Crippen molar-refractivity contribution >= 4 is 5.69 Å². The van der Waals surface area contributed by atoms with Gasteiger partial charge in [-0.3, -0.25) is 5.10 Å². The number of hydrogen-bond donors (Lipinski definition) is 2. The van der Waals surface area contributed by atoms with Gasteiger partial charge in [-0.2, -0.15) is 5.10 Å². The summed E-state index contributed by atoms with van der Waals surface area (Å²) in [5.74, 6) is -0.223. The summed E-state index contributed by atoms with van der Waals surface area (Å²) >= 11 is 0. The van der Waals surface area contributed by atoms with E-state index in [0.717, 1.165) is 22.5 Å². The van der Waals surface area contributed by atoms with Crippen LogP contribution < -0.4 is 5.32 Å². The minimum Gasteiger partial charge on any atom is -0.380 e. The number of anilines is 1. The first kappa shape index (κ1) is 7.55. The van der Waals surface area contributed by atoms with Gasteiger partial charge in [-0.15, -0.1) is 0 Å². The van der Waals surface area contributed by atoms with Gasteiger partial charge in [0.2, 0.25) is 0 Å². The summed E-state index contributed by atoms with van der Waals surface area (Å²) in [4.78, 5) is 0. The minimum atomic E-state index is -0.223. The maximum atomic E-state index is 12.9. The number of benzene rings is 1. The summed E-state index contributed by atoms with van der Waals surface area (Å²) < 4.78 is 12.9. The SMILES string of the molecule is Fc1ccc2c(c1)NCc1cn[nH]c1-2. The topological polar surface area (TPSA) is 40.7 Å². The number of aromatic nitrogens is 2. The van der Waals surface area contributed by atoms with Gasteiger partial charge in [-0.1, -0.05) is 0 Å². The van der Waals surface area contributed by atoms with E-state index in [9.17, 15) is 4.39 Å². The largest absolute Gasteiger partial charge is 0.380 e. The van der Waals surface area contributed by atoms with Gasteiger partial charge in [-0.25, -0.2) is 4.39 Å². The maximum absolute atomic E-state index is 12.9. The number of hydrogen-bond acceptors (Lipinski definition) is 2. The molecule has 0 bridgehead atoms. The molecule has 14 heavy (non-hydrogen) atoms. The molecule has 3 rings (SSSR count). The van der Waals surface area contributed by atoms with Crippen molar-refractivity contribution in [3.63, 3.8) is 0 Å². The van der Waals surface area contributed by atoms with E-state index in [-0.39, 0.29) is 5.82 Å². The number of halogens is 1. The van der Waals surface area contributed by atoms with E-state index in [1.165, 1.54) is 12.1 Å². The van der Waals surface area contributed by atoms with Crippen LogP contribution in [0.25, 0.3) is 11.3 Å². The third-order valence-electron chi connectivity index (χ3n) is 2.44. The van der Waals surface area contributed by atoms with Gasteiger partial charge in [0.05, 0.1) is 11.9 Å². The van der Waals surface area contributed by atoms with Crippen molar-refractivity contribution in [2.75, 3.05) is 5.32 Å². The fourth-order valence-electron chi connectivity index (χ4n) is 1.75. The molecule has 2 aromatic rings. The Bertz CT molecular complexity index is 490. The quantitative estimate of drug-likeness (QED) is 0.666. The Kier molecular flexibility index (Phi) is 1.39. The van der Waals surface area contributed by atoms with Gasteiger partial charge in [0.15, 0.2) is 0 Å². The highest BCUT2D eigenvalue weighted by Gasteiger charge is 2.17. The van der Waals surface area contributed by atoms with Crippen LogP contribution in [0.2, 0.25) is 0 Å². The summed E-state index contributed by atoms with van der Waals surface area (Å²) in [5.41, 5.74) is 3.90. The zero-order chi connectivity index (χ0) is 9.54. The normalized spacial score (nSPS) is 12.9. The van der Waals surface area contributed by atoms with E-state index in [2.05, 4.69) is 15.5 Å². The highest BCUT2D eigenvalue weighted by molar-refractivity contribution is 5.80. The van der Waals surface area contributed by atoms with Crippen molar-refractivity contribution in [1.82, 2.24) is 10.2 Å². The predicted octanol–water partition coefficient (Wildman–Crippen LogP) is 2.14. The highest BCUT2D eigenvalue weighted by atomic mass is 19.1. The molecule has 1 aromatic heterocycles. The monoisotopic (exact) mass is 189 g/mol. The Balaban J connectivity index is 2.26. The summed E-state index contributed by atoms with van der Waals surface area (Å²) in [6.45, 7) is 0.697. The van der Waals surface area contributed by atoms with Crippen molar-refractivity contribution in [3.8, 4) is 11.3 Å². The first-order valence-corrected chi connectivity index (χ1v) is 4.40. The van der Waals surface area contributed by atoms with Crippen LogP contribution >= 0.6 is 0 Å². The third-order valence-corrected chi connectivity index (χ3v) is 2.44. The number of aromatic amines is 1. The van der Waals surface area contributed by atoms with Crippen molar-refractivity contribution in [2.45, 2.75) is 6.54 Å². The molecule has 0 unspecified atom stereocenters. The van der Waals surface area contributed by atoms with E-state index in [1.807, 2.05) is 0 Å². The molecule has 70 valence electrons. The molecule has 2 heterocycles. The van der Waals surface area contributed by atoms with Crippen LogP contribution in [0, 0.1) is 5.82 Å². The van der Waals surface area contributed by atoms with Crippen LogP contribution in [0.5, 0.6) is 0 Å². The van der Waals surface area contributed by atoms with Crippen molar-refractivity contribution in [1.29, 1.82) is 0 Å². The molecule has 0 atom stereocenters. The third kappa shape index (κ3) is 0.937. The maximum Gasteiger partial charge on any atom is 0.125 e. The van der Waals surface area contributed by atoms with Crippen LogP contribution in [0.1, 0.15) is 5.56 Å². The molecule has 1 aromatic carbocycles. The molecule has 0 spiro atoms. The molecule has 1 aliphatic heterocycles. The van der Waals surface area contributed by atoms with Crippen LogP contribution in [0.4, 0.5) is 10.1 Å². The Labute approximate surface area is 80.0 Å². The standard InChI is InChI=1S/C10H8FN3/c11-7-1-2-8-9(3-7)12-4-6-5-13-14-10(6)8/h1-3,5,12H,4H2,(H,13,14). The lowest BCUT2D eigenvalue weighted by atomic mass is 10.0. The van der Waals surface area contributed by atoms with Crippen molar-refractivity contribution in [2.24, 2.45) is 0 Å². The van der Waals surface area contributed by atoms with Gasteiger partial charge < -0.3 is 5.32 Å². The lowest BCUT2D eigenvalue weighted by Crippen LogP contribution is -2.07. The second-order valence-corrected chi connectivity index (χ2v) is 3.31. The Morgan fingerprint density at radius 3 is 3.21 bits per heavy atom. The second kappa shape index (κ2) is 2.57. The fourth-order valence-corrected chi connectivity index (χ4v) is 1.75. The molecular formula is C10H8FN3. The molecule has 1 aliphatic rings. The Hall–Kier alpha value is -1.84. The van der Waals surface area contributed by atoms with E-state index in [1.54, 1.807) is 12.3 Å². The van der Waals surface area contributed by atoms with Crippen LogP contribution in [0.3, 0.4) is 0 Å². The first-order chi connectivity index (χ1) is 6.84. The molecule has 0 saturated carbocycles. The lowest BCUT2D eigenvalue weighted by Gasteiger charge is -2.17. The van der Waals surface area contributed by atoms with E-state index >= 15 is 0 Å². The Morgan fingerprint density at radius 1 is 1.36 bits per heavy atom. The smallest absolute Gasteiger partial charge is 0.125 e. The van der Waals surface area contributed by atoms with Crippen molar-refractivity contribution in [3.05, 3.63) is 35.8 Å². The zero-order valence-electron chi connectivity index (χ0n) is 7.34. The van der Waals surface area contributed by atoms with Crippen LogP contribution in [-0.4, -0.2) is 10.2 Å². The second-order valence-electron chi connectivity index (χ2n) is 3.31. The molecule has 0 fully saturated rings. The number of rotatable bonds is 0. The molecular weight excluding hydrogens is 181 g/mol. The Morgan fingerprint density at radius 2 is 2.29 bits per heavy atom. The van der Waals surface area contributed by atoms with Gasteiger partial charge >= 0.3 is 0 Å². The van der Waals surface area contributed by atoms with Gasteiger partial charge in [-0.05, 0) is 18.2 Å². The highest BCUT2D eigenvalue weighted by Crippen LogP contribution is 2.33. The van der Waals surface area contributed by atoms with E-state index < -0.39 is 0 Å². The average molecular weight is 189 g/mol. The molecule has 0 saturated heterocycles. The molecule has 0 aliphatic carbocycles. The summed E-state index contributed by atoms with van der Waals surface area (Å²) in [6, 6.07) is 4.71. The minimum absolute atomic E-state index is 0.223. The summed E-state index contributed by atoms with van der Waals surface area (Å²) in [5, 5.41) is 10.0. The van der Waals surface area contributed by atoms with Crippen LogP contribution in [-0.2, 0) is 6.54 Å². The van der Waals surface area contributed by atoms with Gasteiger partial charge in [0, 0.05) is 23.4 Å². The number of H-pyrrole nitrogens is 1. The van der Waals surface area contributed by atoms with E-state index in [0.29, 0.717) is 6.54 Å². The predicted molar refractivity (Wildman–Crippen MR) is 51.3 cm³/mol. The van der Waals surface area contributed by atoms with Gasteiger partial charge in [0.25, 0.3) is 0 Å². The first-order valence-electron chi connectivity index (χ1n) is 4.40. The molecule has 0 amide bonds. The number of fused-ring (bicyclic) bond motifs is 3. The summed E-state index contributed by atoms with van der Waals surface area (Å²) in [6.07, 6.45) is 1.79. The zero-order valence-corrected chi connectivity index (χ0v) is 7.34. The fraction of sp³-hybridized carbons (Fsp3) is 0.100.